The largest absolute Gasteiger partial charge is 0.376 e. The van der Waals surface area contributed by atoms with Gasteiger partial charge in [0.2, 0.25) is 0 Å². The van der Waals surface area contributed by atoms with Gasteiger partial charge in [-0.2, -0.15) is 0 Å². The molecular formula is C20H21N3. The van der Waals surface area contributed by atoms with Crippen molar-refractivity contribution in [3.63, 3.8) is 0 Å². The first-order chi connectivity index (χ1) is 11.3. The molecule has 0 aliphatic rings. The molecule has 0 spiro atoms. The van der Waals surface area contributed by atoms with Gasteiger partial charge < -0.3 is 10.2 Å². The van der Waals surface area contributed by atoms with E-state index < -0.39 is 0 Å². The molecule has 1 atom stereocenters. The fourth-order valence-electron chi connectivity index (χ4n) is 2.66. The summed E-state index contributed by atoms with van der Waals surface area (Å²) in [6, 6.07) is 24.8. The lowest BCUT2D eigenvalue weighted by Crippen LogP contribution is -2.17. The second kappa shape index (κ2) is 6.97. The zero-order valence-corrected chi connectivity index (χ0v) is 13.5. The minimum absolute atomic E-state index is 0.0125. The highest BCUT2D eigenvalue weighted by molar-refractivity contribution is 5.70. The van der Waals surface area contributed by atoms with Gasteiger partial charge in [0.1, 0.15) is 0 Å². The number of rotatable bonds is 5. The van der Waals surface area contributed by atoms with Crippen LogP contribution >= 0.6 is 0 Å². The van der Waals surface area contributed by atoms with E-state index in [0.29, 0.717) is 0 Å². The van der Waals surface area contributed by atoms with E-state index in [1.807, 2.05) is 24.4 Å². The Kier molecular flexibility index (Phi) is 4.57. The van der Waals surface area contributed by atoms with Crippen molar-refractivity contribution in [1.82, 2.24) is 4.98 Å². The number of para-hydroxylation sites is 2. The van der Waals surface area contributed by atoms with Crippen LogP contribution in [0.1, 0.15) is 17.3 Å². The molecule has 0 amide bonds. The van der Waals surface area contributed by atoms with Crippen molar-refractivity contribution in [2.75, 3.05) is 24.3 Å². The molecule has 2 aromatic carbocycles. The Morgan fingerprint density at radius 3 is 2.22 bits per heavy atom. The smallest absolute Gasteiger partial charge is 0.0940 e. The number of hydrogen-bond acceptors (Lipinski definition) is 3. The van der Waals surface area contributed by atoms with E-state index in [4.69, 9.17) is 0 Å². The molecule has 1 aromatic heterocycles. The van der Waals surface area contributed by atoms with Gasteiger partial charge in [-0.3, -0.25) is 4.98 Å². The molecule has 3 nitrogen and oxygen atoms in total. The molecule has 116 valence electrons. The molecular weight excluding hydrogens is 282 g/mol. The minimum atomic E-state index is 0.0125. The summed E-state index contributed by atoms with van der Waals surface area (Å²) >= 11 is 0. The first-order valence-electron chi connectivity index (χ1n) is 7.74. The maximum absolute atomic E-state index is 4.55. The molecule has 0 radical (unpaired) electrons. The van der Waals surface area contributed by atoms with E-state index in [1.165, 1.54) is 5.56 Å². The molecule has 0 fully saturated rings. The van der Waals surface area contributed by atoms with Crippen molar-refractivity contribution in [3.05, 3.63) is 90.3 Å². The molecule has 0 saturated heterocycles. The Morgan fingerprint density at radius 1 is 0.826 bits per heavy atom. The van der Waals surface area contributed by atoms with E-state index in [1.54, 1.807) is 0 Å². The highest BCUT2D eigenvalue weighted by Gasteiger charge is 2.16. The van der Waals surface area contributed by atoms with Crippen LogP contribution in [-0.4, -0.2) is 19.1 Å². The zero-order chi connectivity index (χ0) is 16.1. The topological polar surface area (TPSA) is 28.2 Å². The van der Waals surface area contributed by atoms with Gasteiger partial charge in [0.05, 0.1) is 23.1 Å². The highest BCUT2D eigenvalue weighted by atomic mass is 15.1. The molecule has 3 rings (SSSR count). The van der Waals surface area contributed by atoms with Crippen LogP contribution in [0.25, 0.3) is 0 Å². The van der Waals surface area contributed by atoms with Crippen LogP contribution < -0.4 is 10.2 Å². The van der Waals surface area contributed by atoms with Gasteiger partial charge in [0.15, 0.2) is 0 Å². The molecule has 0 aliphatic heterocycles. The molecule has 1 N–H and O–H groups in total. The second-order valence-corrected chi connectivity index (χ2v) is 5.65. The highest BCUT2D eigenvalue weighted by Crippen LogP contribution is 2.30. The van der Waals surface area contributed by atoms with Crippen LogP contribution in [0.15, 0.2) is 79.0 Å². The van der Waals surface area contributed by atoms with Gasteiger partial charge in [-0.05, 0) is 29.8 Å². The first kappa shape index (κ1) is 15.1. The summed E-state index contributed by atoms with van der Waals surface area (Å²) in [4.78, 5) is 6.66. The average Bonchev–Trinajstić information content (AvgIpc) is 2.61. The number of benzene rings is 2. The Hall–Kier alpha value is -2.81. The van der Waals surface area contributed by atoms with Crippen LogP contribution in [0.4, 0.5) is 11.4 Å². The molecule has 0 bridgehead atoms. The molecule has 0 saturated carbocycles. The van der Waals surface area contributed by atoms with E-state index >= 15 is 0 Å². The van der Waals surface area contributed by atoms with Crippen molar-refractivity contribution in [2.45, 2.75) is 6.04 Å². The maximum atomic E-state index is 4.55. The molecule has 23 heavy (non-hydrogen) atoms. The Labute approximate surface area is 137 Å². The molecule has 1 unspecified atom stereocenters. The van der Waals surface area contributed by atoms with Gasteiger partial charge >= 0.3 is 0 Å². The third kappa shape index (κ3) is 3.51. The van der Waals surface area contributed by atoms with Crippen molar-refractivity contribution in [2.24, 2.45) is 0 Å². The van der Waals surface area contributed by atoms with Gasteiger partial charge in [0.25, 0.3) is 0 Å². The quantitative estimate of drug-likeness (QED) is 0.759. The van der Waals surface area contributed by atoms with Crippen LogP contribution in [0.3, 0.4) is 0 Å². The van der Waals surface area contributed by atoms with Crippen molar-refractivity contribution in [1.29, 1.82) is 0 Å². The summed E-state index contributed by atoms with van der Waals surface area (Å²) in [5.41, 5.74) is 4.45. The number of nitrogens with zero attached hydrogens (tertiary/aromatic N) is 2. The summed E-state index contributed by atoms with van der Waals surface area (Å²) in [7, 11) is 4.11. The summed E-state index contributed by atoms with van der Waals surface area (Å²) < 4.78 is 0. The number of pyridine rings is 1. The van der Waals surface area contributed by atoms with E-state index in [0.717, 1.165) is 17.1 Å². The fraction of sp³-hybridized carbons (Fsp3) is 0.150. The van der Waals surface area contributed by atoms with Crippen molar-refractivity contribution < 1.29 is 0 Å². The van der Waals surface area contributed by atoms with Crippen LogP contribution in [0, 0.1) is 0 Å². The average molecular weight is 303 g/mol. The van der Waals surface area contributed by atoms with Crippen LogP contribution in [0.2, 0.25) is 0 Å². The zero-order valence-electron chi connectivity index (χ0n) is 13.5. The van der Waals surface area contributed by atoms with Gasteiger partial charge in [-0.15, -0.1) is 0 Å². The normalized spacial score (nSPS) is 11.7. The van der Waals surface area contributed by atoms with E-state index in [2.05, 4.69) is 83.9 Å². The first-order valence-corrected chi connectivity index (χ1v) is 7.74. The van der Waals surface area contributed by atoms with Gasteiger partial charge in [-0.25, -0.2) is 0 Å². The molecule has 0 aliphatic carbocycles. The van der Waals surface area contributed by atoms with E-state index in [-0.39, 0.29) is 6.04 Å². The van der Waals surface area contributed by atoms with Crippen LogP contribution in [0.5, 0.6) is 0 Å². The summed E-state index contributed by atoms with van der Waals surface area (Å²) in [6.45, 7) is 0. The van der Waals surface area contributed by atoms with Gasteiger partial charge in [-0.1, -0.05) is 48.5 Å². The number of nitrogens with one attached hydrogen (secondary N) is 1. The molecule has 1 heterocycles. The third-order valence-electron chi connectivity index (χ3n) is 3.80. The Bertz CT molecular complexity index is 700. The second-order valence-electron chi connectivity index (χ2n) is 5.65. The SMILES string of the molecule is CN(C)c1ccccc1NC(c1ccccc1)c1ccccn1. The van der Waals surface area contributed by atoms with Crippen LogP contribution in [-0.2, 0) is 0 Å². The lowest BCUT2D eigenvalue weighted by molar-refractivity contribution is 0.885. The predicted octanol–water partition coefficient (Wildman–Crippen LogP) is 4.35. The monoisotopic (exact) mass is 303 g/mol. The third-order valence-corrected chi connectivity index (χ3v) is 3.80. The van der Waals surface area contributed by atoms with E-state index in [9.17, 15) is 0 Å². The van der Waals surface area contributed by atoms with Crippen molar-refractivity contribution in [3.8, 4) is 0 Å². The summed E-state index contributed by atoms with van der Waals surface area (Å²) in [5, 5.41) is 3.66. The Balaban J connectivity index is 2.01. The number of hydrogen-bond donors (Lipinski definition) is 1. The standard InChI is InChI=1S/C20H21N3/c1-23(2)19-14-7-6-12-17(19)22-20(16-10-4-3-5-11-16)18-13-8-9-15-21-18/h3-15,20,22H,1-2H3. The van der Waals surface area contributed by atoms with Gasteiger partial charge in [0, 0.05) is 20.3 Å². The molecule has 3 aromatic rings. The Morgan fingerprint density at radius 2 is 1.52 bits per heavy atom. The number of aromatic nitrogens is 1. The summed E-state index contributed by atoms with van der Waals surface area (Å²) in [5.74, 6) is 0. The minimum Gasteiger partial charge on any atom is -0.376 e. The predicted molar refractivity (Wildman–Crippen MR) is 96.9 cm³/mol. The number of anilines is 2. The maximum Gasteiger partial charge on any atom is 0.0940 e. The fourth-order valence-corrected chi connectivity index (χ4v) is 2.66. The lowest BCUT2D eigenvalue weighted by atomic mass is 10.0. The summed E-state index contributed by atoms with van der Waals surface area (Å²) in [6.07, 6.45) is 1.84. The lowest BCUT2D eigenvalue weighted by Gasteiger charge is -2.24. The molecule has 3 heteroatoms. The van der Waals surface area contributed by atoms with Crippen molar-refractivity contribution >= 4 is 11.4 Å².